The lowest BCUT2D eigenvalue weighted by molar-refractivity contribution is 0.0951. The third-order valence-corrected chi connectivity index (χ3v) is 5.56. The fraction of sp³-hybridized carbons (Fsp3) is 0.273. The minimum absolute atomic E-state index is 0.0403. The Labute approximate surface area is 172 Å². The summed E-state index contributed by atoms with van der Waals surface area (Å²) in [5.41, 5.74) is 4.26. The van der Waals surface area contributed by atoms with E-state index in [9.17, 15) is 4.79 Å². The van der Waals surface area contributed by atoms with Gasteiger partial charge in [0.15, 0.2) is 28.6 Å². The van der Waals surface area contributed by atoms with Crippen LogP contribution in [0.15, 0.2) is 41.0 Å². The summed E-state index contributed by atoms with van der Waals surface area (Å²) in [6.45, 7) is 1.92. The number of carbonyl (C=O) groups excluding carboxylic acids is 1. The van der Waals surface area contributed by atoms with Gasteiger partial charge in [-0.1, -0.05) is 6.07 Å². The summed E-state index contributed by atoms with van der Waals surface area (Å²) in [6.07, 6.45) is 2.58. The first-order valence-corrected chi connectivity index (χ1v) is 9.64. The van der Waals surface area contributed by atoms with Gasteiger partial charge in [0.1, 0.15) is 5.76 Å². The van der Waals surface area contributed by atoms with E-state index in [0.29, 0.717) is 35.7 Å². The molecule has 5 rings (SSSR count). The van der Waals surface area contributed by atoms with Gasteiger partial charge in [0.05, 0.1) is 37.4 Å². The van der Waals surface area contributed by atoms with Crippen LogP contribution in [0.25, 0.3) is 16.8 Å². The maximum Gasteiger partial charge on any atom is 0.185 e. The number of hydrogen-bond acceptors (Lipinski definition) is 7. The number of ether oxygens (including phenoxy) is 2. The molecule has 0 N–H and O–H groups in total. The summed E-state index contributed by atoms with van der Waals surface area (Å²) in [5.74, 6) is 1.97. The Bertz CT molecular complexity index is 1260. The SMILES string of the molecule is COc1ccc(-c2c(C)nn3c4c(nnc23)C(=O)C[C@@H](c2ccco2)C4)cc1OC. The van der Waals surface area contributed by atoms with E-state index in [2.05, 4.69) is 10.2 Å². The van der Waals surface area contributed by atoms with Crippen molar-refractivity contribution >= 4 is 11.4 Å². The van der Waals surface area contributed by atoms with Crippen molar-refractivity contribution in [2.24, 2.45) is 0 Å². The number of aryl methyl sites for hydroxylation is 1. The summed E-state index contributed by atoms with van der Waals surface area (Å²) in [5, 5.41) is 13.3. The third-order valence-electron chi connectivity index (χ3n) is 5.56. The molecule has 4 aromatic rings. The Balaban J connectivity index is 1.66. The van der Waals surface area contributed by atoms with Crippen LogP contribution in [0.5, 0.6) is 11.5 Å². The van der Waals surface area contributed by atoms with Crippen LogP contribution in [0.2, 0.25) is 0 Å². The quantitative estimate of drug-likeness (QED) is 0.513. The molecule has 30 heavy (non-hydrogen) atoms. The Morgan fingerprint density at radius 1 is 1.10 bits per heavy atom. The molecule has 152 valence electrons. The number of Topliss-reactive ketones (excluding diaryl/α,β-unsaturated/α-hetero) is 1. The average molecular weight is 404 g/mol. The van der Waals surface area contributed by atoms with E-state index < -0.39 is 0 Å². The number of hydrogen-bond donors (Lipinski definition) is 0. The van der Waals surface area contributed by atoms with Crippen LogP contribution in [0.1, 0.15) is 40.0 Å². The number of nitrogens with zero attached hydrogens (tertiary/aromatic N) is 4. The van der Waals surface area contributed by atoms with Crippen molar-refractivity contribution in [3.63, 3.8) is 0 Å². The first-order chi connectivity index (χ1) is 14.6. The Hall–Kier alpha value is -3.68. The molecule has 0 fully saturated rings. The number of furan rings is 1. The van der Waals surface area contributed by atoms with E-state index in [1.165, 1.54) is 0 Å². The second-order valence-electron chi connectivity index (χ2n) is 7.30. The lowest BCUT2D eigenvalue weighted by Gasteiger charge is -2.21. The zero-order valence-electron chi connectivity index (χ0n) is 16.9. The van der Waals surface area contributed by atoms with Crippen molar-refractivity contribution < 1.29 is 18.7 Å². The zero-order chi connectivity index (χ0) is 20.8. The first kappa shape index (κ1) is 18.4. The standard InChI is InChI=1S/C22H20N4O4/c1-12-20(13-6-7-18(28-2)19(11-13)29-3)22-24-23-21-15(26(22)25-12)9-14(10-16(21)27)17-5-4-8-30-17/h4-8,11,14H,9-10H2,1-3H3/t14-/m0/s1. The van der Waals surface area contributed by atoms with Crippen molar-refractivity contribution in [1.29, 1.82) is 0 Å². The minimum atomic E-state index is -0.0483. The van der Waals surface area contributed by atoms with Gasteiger partial charge in [0, 0.05) is 18.8 Å². The van der Waals surface area contributed by atoms with Gasteiger partial charge in [-0.05, 0) is 36.8 Å². The van der Waals surface area contributed by atoms with Crippen LogP contribution in [-0.4, -0.2) is 39.8 Å². The molecule has 8 heteroatoms. The average Bonchev–Trinajstić information content (AvgIpc) is 3.40. The fourth-order valence-electron chi connectivity index (χ4n) is 4.13. The topological polar surface area (TPSA) is 91.8 Å². The van der Waals surface area contributed by atoms with Crippen LogP contribution in [0.4, 0.5) is 0 Å². The number of ketones is 1. The van der Waals surface area contributed by atoms with Crippen molar-refractivity contribution in [2.45, 2.75) is 25.7 Å². The predicted molar refractivity (Wildman–Crippen MR) is 108 cm³/mol. The maximum atomic E-state index is 12.7. The maximum absolute atomic E-state index is 12.7. The lowest BCUT2D eigenvalue weighted by Crippen LogP contribution is -2.24. The van der Waals surface area contributed by atoms with Gasteiger partial charge < -0.3 is 13.9 Å². The van der Waals surface area contributed by atoms with Gasteiger partial charge in [-0.2, -0.15) is 5.10 Å². The zero-order valence-corrected chi connectivity index (χ0v) is 16.9. The second-order valence-corrected chi connectivity index (χ2v) is 7.30. The summed E-state index contributed by atoms with van der Waals surface area (Å²) in [4.78, 5) is 12.7. The molecule has 0 spiro atoms. The molecule has 0 saturated heterocycles. The molecule has 0 saturated carbocycles. The number of methoxy groups -OCH3 is 2. The van der Waals surface area contributed by atoms with E-state index in [1.807, 2.05) is 37.3 Å². The number of fused-ring (bicyclic) bond motifs is 3. The van der Waals surface area contributed by atoms with E-state index in [-0.39, 0.29) is 11.7 Å². The molecular formula is C22H20N4O4. The highest BCUT2D eigenvalue weighted by Crippen LogP contribution is 2.37. The van der Waals surface area contributed by atoms with Gasteiger partial charge in [0.2, 0.25) is 0 Å². The summed E-state index contributed by atoms with van der Waals surface area (Å²) >= 11 is 0. The van der Waals surface area contributed by atoms with Crippen molar-refractivity contribution in [3.8, 4) is 22.6 Å². The van der Waals surface area contributed by atoms with E-state index >= 15 is 0 Å². The molecule has 0 aliphatic heterocycles. The highest BCUT2D eigenvalue weighted by Gasteiger charge is 2.32. The van der Waals surface area contributed by atoms with Crippen LogP contribution < -0.4 is 9.47 Å². The highest BCUT2D eigenvalue weighted by molar-refractivity contribution is 5.97. The Kier molecular flexibility index (Phi) is 4.27. The van der Waals surface area contributed by atoms with Crippen LogP contribution in [0, 0.1) is 6.92 Å². The largest absolute Gasteiger partial charge is 0.493 e. The van der Waals surface area contributed by atoms with Crippen LogP contribution >= 0.6 is 0 Å². The number of benzene rings is 1. The van der Waals surface area contributed by atoms with Crippen molar-refractivity contribution in [2.75, 3.05) is 14.2 Å². The smallest absolute Gasteiger partial charge is 0.185 e. The van der Waals surface area contributed by atoms with E-state index in [1.54, 1.807) is 25.0 Å². The summed E-state index contributed by atoms with van der Waals surface area (Å²) in [6, 6.07) is 9.41. The minimum Gasteiger partial charge on any atom is -0.493 e. The molecule has 0 unspecified atom stereocenters. The normalized spacial score (nSPS) is 16.0. The molecule has 3 heterocycles. The van der Waals surface area contributed by atoms with Gasteiger partial charge in [-0.3, -0.25) is 4.79 Å². The van der Waals surface area contributed by atoms with Crippen LogP contribution in [0.3, 0.4) is 0 Å². The van der Waals surface area contributed by atoms with E-state index in [4.69, 9.17) is 19.0 Å². The predicted octanol–water partition coefficient (Wildman–Crippen LogP) is 3.62. The Morgan fingerprint density at radius 2 is 1.93 bits per heavy atom. The summed E-state index contributed by atoms with van der Waals surface area (Å²) in [7, 11) is 3.20. The fourth-order valence-corrected chi connectivity index (χ4v) is 4.13. The molecule has 3 aromatic heterocycles. The molecule has 0 radical (unpaired) electrons. The molecule has 0 bridgehead atoms. The second kappa shape index (κ2) is 6.98. The van der Waals surface area contributed by atoms with Gasteiger partial charge in [-0.15, -0.1) is 10.2 Å². The number of rotatable bonds is 4. The van der Waals surface area contributed by atoms with Gasteiger partial charge in [-0.25, -0.2) is 4.52 Å². The molecule has 8 nitrogen and oxygen atoms in total. The van der Waals surface area contributed by atoms with Crippen molar-refractivity contribution in [1.82, 2.24) is 19.8 Å². The molecule has 0 amide bonds. The molecule has 1 aliphatic carbocycles. The summed E-state index contributed by atoms with van der Waals surface area (Å²) < 4.78 is 18.1. The first-order valence-electron chi connectivity index (χ1n) is 9.64. The molecule has 1 aromatic carbocycles. The molecule has 1 aliphatic rings. The van der Waals surface area contributed by atoms with Crippen molar-refractivity contribution in [3.05, 3.63) is 59.4 Å². The van der Waals surface area contributed by atoms with E-state index in [0.717, 1.165) is 28.3 Å². The number of carbonyl (C=O) groups is 1. The van der Waals surface area contributed by atoms with Crippen LogP contribution in [-0.2, 0) is 6.42 Å². The molecule has 1 atom stereocenters. The third kappa shape index (κ3) is 2.75. The monoisotopic (exact) mass is 404 g/mol. The van der Waals surface area contributed by atoms with Gasteiger partial charge >= 0.3 is 0 Å². The lowest BCUT2D eigenvalue weighted by atomic mass is 9.87. The Morgan fingerprint density at radius 3 is 2.67 bits per heavy atom. The molecular weight excluding hydrogens is 384 g/mol. The van der Waals surface area contributed by atoms with Gasteiger partial charge in [0.25, 0.3) is 0 Å². The number of aromatic nitrogens is 4. The highest BCUT2D eigenvalue weighted by atomic mass is 16.5.